The topological polar surface area (TPSA) is 71.5 Å². The van der Waals surface area contributed by atoms with E-state index in [0.717, 1.165) is 51.0 Å². The van der Waals surface area contributed by atoms with E-state index in [1.54, 1.807) is 13.3 Å². The van der Waals surface area contributed by atoms with Crippen LogP contribution in [-0.2, 0) is 11.3 Å². The molecule has 1 saturated heterocycles. The van der Waals surface area contributed by atoms with E-state index in [2.05, 4.69) is 25.5 Å². The van der Waals surface area contributed by atoms with Crippen molar-refractivity contribution >= 4 is 11.8 Å². The molecule has 1 aliphatic rings. The van der Waals surface area contributed by atoms with E-state index in [1.165, 1.54) is 5.56 Å². The number of morpholine rings is 1. The summed E-state index contributed by atoms with van der Waals surface area (Å²) in [5.41, 5.74) is 1.17. The van der Waals surface area contributed by atoms with Gasteiger partial charge in [0.05, 0.1) is 20.3 Å². The molecular weight excluding hydrogens is 318 g/mol. The summed E-state index contributed by atoms with van der Waals surface area (Å²) in [6, 6.07) is 9.85. The third-order valence-corrected chi connectivity index (χ3v) is 4.10. The number of rotatable bonds is 8. The van der Waals surface area contributed by atoms with Crippen LogP contribution < -0.4 is 15.4 Å². The summed E-state index contributed by atoms with van der Waals surface area (Å²) in [7, 11) is 1.67. The smallest absolute Gasteiger partial charge is 0.224 e. The number of aromatic nitrogens is 2. The maximum absolute atomic E-state index is 5.35. The van der Waals surface area contributed by atoms with E-state index in [0.29, 0.717) is 12.5 Å². The number of nitrogens with zero attached hydrogens (tertiary/aromatic N) is 3. The van der Waals surface area contributed by atoms with Crippen LogP contribution in [0.4, 0.5) is 11.8 Å². The molecule has 134 valence electrons. The van der Waals surface area contributed by atoms with E-state index >= 15 is 0 Å². The first kappa shape index (κ1) is 17.4. The number of ether oxygens (including phenoxy) is 2. The fraction of sp³-hybridized carbons (Fsp3) is 0.444. The van der Waals surface area contributed by atoms with E-state index in [1.807, 2.05) is 30.3 Å². The average molecular weight is 343 g/mol. The highest BCUT2D eigenvalue weighted by Gasteiger charge is 2.09. The maximum atomic E-state index is 5.35. The lowest BCUT2D eigenvalue weighted by molar-refractivity contribution is 0.0398. The van der Waals surface area contributed by atoms with Gasteiger partial charge >= 0.3 is 0 Å². The molecule has 25 heavy (non-hydrogen) atoms. The minimum absolute atomic E-state index is 0.646. The summed E-state index contributed by atoms with van der Waals surface area (Å²) in [4.78, 5) is 11.2. The van der Waals surface area contributed by atoms with Gasteiger partial charge in [0.2, 0.25) is 5.95 Å². The Morgan fingerprint density at radius 1 is 1.12 bits per heavy atom. The van der Waals surface area contributed by atoms with Gasteiger partial charge in [-0.05, 0) is 23.8 Å². The van der Waals surface area contributed by atoms with Gasteiger partial charge in [0.25, 0.3) is 0 Å². The van der Waals surface area contributed by atoms with E-state index in [4.69, 9.17) is 9.47 Å². The van der Waals surface area contributed by atoms with Crippen molar-refractivity contribution in [2.75, 3.05) is 57.1 Å². The average Bonchev–Trinajstić information content (AvgIpc) is 2.68. The standard InChI is InChI=1S/C18H25N5O2/c1-24-16-4-2-15(3-5-16)14-21-17-6-7-19-18(22-17)20-8-9-23-10-12-25-13-11-23/h2-7H,8-14H2,1H3,(H2,19,20,21,22). The molecule has 2 heterocycles. The van der Waals surface area contributed by atoms with Gasteiger partial charge in [-0.1, -0.05) is 12.1 Å². The van der Waals surface area contributed by atoms with Crippen molar-refractivity contribution in [2.45, 2.75) is 6.54 Å². The Bertz CT molecular complexity index is 644. The van der Waals surface area contributed by atoms with Crippen molar-refractivity contribution in [1.82, 2.24) is 14.9 Å². The normalized spacial score (nSPS) is 14.9. The number of methoxy groups -OCH3 is 1. The first-order chi connectivity index (χ1) is 12.3. The Hall–Kier alpha value is -2.38. The number of nitrogens with one attached hydrogen (secondary N) is 2. The van der Waals surface area contributed by atoms with Crippen LogP contribution in [0.3, 0.4) is 0 Å². The fourth-order valence-electron chi connectivity index (χ4n) is 2.63. The Labute approximate surface area is 148 Å². The molecule has 7 heteroatoms. The largest absolute Gasteiger partial charge is 0.497 e. The van der Waals surface area contributed by atoms with Gasteiger partial charge in [-0.15, -0.1) is 0 Å². The van der Waals surface area contributed by atoms with Gasteiger partial charge in [-0.3, -0.25) is 4.90 Å². The summed E-state index contributed by atoms with van der Waals surface area (Å²) >= 11 is 0. The van der Waals surface area contributed by atoms with Gasteiger partial charge < -0.3 is 20.1 Å². The van der Waals surface area contributed by atoms with Crippen molar-refractivity contribution in [3.05, 3.63) is 42.1 Å². The number of benzene rings is 1. The van der Waals surface area contributed by atoms with Crippen molar-refractivity contribution in [1.29, 1.82) is 0 Å². The lowest BCUT2D eigenvalue weighted by Crippen LogP contribution is -2.39. The van der Waals surface area contributed by atoms with Crippen LogP contribution >= 0.6 is 0 Å². The van der Waals surface area contributed by atoms with Crippen LogP contribution in [-0.4, -0.2) is 61.4 Å². The molecule has 1 aliphatic heterocycles. The SMILES string of the molecule is COc1ccc(CNc2ccnc(NCCN3CCOCC3)n2)cc1. The molecule has 0 radical (unpaired) electrons. The zero-order valence-corrected chi connectivity index (χ0v) is 14.6. The van der Waals surface area contributed by atoms with E-state index < -0.39 is 0 Å². The first-order valence-electron chi connectivity index (χ1n) is 8.57. The van der Waals surface area contributed by atoms with Gasteiger partial charge in [-0.2, -0.15) is 4.98 Å². The Kier molecular flexibility index (Phi) is 6.42. The second kappa shape index (κ2) is 9.19. The van der Waals surface area contributed by atoms with Crippen LogP contribution in [0.5, 0.6) is 5.75 Å². The van der Waals surface area contributed by atoms with Crippen LogP contribution in [0.15, 0.2) is 36.5 Å². The van der Waals surface area contributed by atoms with Gasteiger partial charge in [-0.25, -0.2) is 4.98 Å². The summed E-state index contributed by atoms with van der Waals surface area (Å²) < 4.78 is 10.5. The minimum Gasteiger partial charge on any atom is -0.497 e. The second-order valence-corrected chi connectivity index (χ2v) is 5.85. The lowest BCUT2D eigenvalue weighted by atomic mass is 10.2. The molecule has 1 aromatic heterocycles. The quantitative estimate of drug-likeness (QED) is 0.758. The Morgan fingerprint density at radius 3 is 2.68 bits per heavy atom. The lowest BCUT2D eigenvalue weighted by Gasteiger charge is -2.26. The zero-order valence-electron chi connectivity index (χ0n) is 14.6. The molecule has 0 unspecified atom stereocenters. The zero-order chi connectivity index (χ0) is 17.3. The summed E-state index contributed by atoms with van der Waals surface area (Å²) in [6.45, 7) is 6.12. The molecule has 2 aromatic rings. The van der Waals surface area contributed by atoms with Crippen molar-refractivity contribution in [3.63, 3.8) is 0 Å². The molecule has 0 spiro atoms. The summed E-state index contributed by atoms with van der Waals surface area (Å²) in [5, 5.41) is 6.60. The first-order valence-corrected chi connectivity index (χ1v) is 8.57. The fourth-order valence-corrected chi connectivity index (χ4v) is 2.63. The van der Waals surface area contributed by atoms with E-state index in [9.17, 15) is 0 Å². The molecule has 1 fully saturated rings. The second-order valence-electron chi connectivity index (χ2n) is 5.85. The van der Waals surface area contributed by atoms with Crippen LogP contribution in [0, 0.1) is 0 Å². The summed E-state index contributed by atoms with van der Waals surface area (Å²) in [6.07, 6.45) is 1.76. The molecular formula is C18H25N5O2. The number of hydrogen-bond donors (Lipinski definition) is 2. The molecule has 7 nitrogen and oxygen atoms in total. The molecule has 0 amide bonds. The van der Waals surface area contributed by atoms with Gasteiger partial charge in [0.1, 0.15) is 11.6 Å². The minimum atomic E-state index is 0.646. The van der Waals surface area contributed by atoms with Gasteiger partial charge in [0, 0.05) is 38.9 Å². The molecule has 0 saturated carbocycles. The van der Waals surface area contributed by atoms with Crippen LogP contribution in [0.2, 0.25) is 0 Å². The predicted molar refractivity (Wildman–Crippen MR) is 98.1 cm³/mol. The Morgan fingerprint density at radius 2 is 1.92 bits per heavy atom. The predicted octanol–water partition coefficient (Wildman–Crippen LogP) is 1.84. The van der Waals surface area contributed by atoms with E-state index in [-0.39, 0.29) is 0 Å². The molecule has 0 aliphatic carbocycles. The van der Waals surface area contributed by atoms with Crippen molar-refractivity contribution < 1.29 is 9.47 Å². The molecule has 0 bridgehead atoms. The number of anilines is 2. The van der Waals surface area contributed by atoms with Gasteiger partial charge in [0.15, 0.2) is 0 Å². The number of hydrogen-bond acceptors (Lipinski definition) is 7. The highest BCUT2D eigenvalue weighted by Crippen LogP contribution is 2.13. The molecule has 0 atom stereocenters. The monoisotopic (exact) mass is 343 g/mol. The highest BCUT2D eigenvalue weighted by atomic mass is 16.5. The Balaban J connectivity index is 1.45. The maximum Gasteiger partial charge on any atom is 0.224 e. The van der Waals surface area contributed by atoms with Crippen molar-refractivity contribution in [3.8, 4) is 5.75 Å². The third kappa shape index (κ3) is 5.58. The van der Waals surface area contributed by atoms with Crippen molar-refractivity contribution in [2.24, 2.45) is 0 Å². The van der Waals surface area contributed by atoms with Crippen LogP contribution in [0.25, 0.3) is 0 Å². The molecule has 3 rings (SSSR count). The van der Waals surface area contributed by atoms with Crippen LogP contribution in [0.1, 0.15) is 5.56 Å². The third-order valence-electron chi connectivity index (χ3n) is 4.10. The summed E-state index contributed by atoms with van der Waals surface area (Å²) in [5.74, 6) is 2.31. The highest BCUT2D eigenvalue weighted by molar-refractivity contribution is 5.40. The molecule has 2 N–H and O–H groups in total. The molecule has 1 aromatic carbocycles.